The van der Waals surface area contributed by atoms with Crippen molar-refractivity contribution in [1.29, 1.82) is 0 Å². The van der Waals surface area contributed by atoms with E-state index in [0.29, 0.717) is 0 Å². The molecule has 0 aliphatic heterocycles. The molecule has 0 spiro atoms. The molecule has 0 saturated carbocycles. The molecule has 0 aliphatic carbocycles. The molecule has 4 heteroatoms. The van der Waals surface area contributed by atoms with Crippen LogP contribution >= 0.6 is 0 Å². The van der Waals surface area contributed by atoms with E-state index in [0.717, 1.165) is 28.3 Å². The quantitative estimate of drug-likeness (QED) is 0.164. The highest BCUT2D eigenvalue weighted by molar-refractivity contribution is 6.17. The first-order valence-corrected chi connectivity index (χ1v) is 28.7. The lowest BCUT2D eigenvalue weighted by Crippen LogP contribution is -2.10. The zero-order valence-corrected chi connectivity index (χ0v) is 48.4. The largest absolute Gasteiger partial charge is 0.309 e. The summed E-state index contributed by atoms with van der Waals surface area (Å²) in [4.78, 5) is 0. The molecule has 0 radical (unpaired) electrons. The van der Waals surface area contributed by atoms with E-state index < -0.39 is 0 Å². The van der Waals surface area contributed by atoms with E-state index in [1.165, 1.54) is 115 Å². The van der Waals surface area contributed by atoms with Crippen LogP contribution in [0.1, 0.15) is 105 Å². The minimum atomic E-state index is -0.00697. The van der Waals surface area contributed by atoms with Crippen LogP contribution in [0.2, 0.25) is 0 Å². The summed E-state index contributed by atoms with van der Waals surface area (Å²) in [6.07, 6.45) is 0. The molecule has 4 heterocycles. The number of nitrogens with zero attached hydrogens (tertiary/aromatic N) is 4. The lowest BCUT2D eigenvalue weighted by Gasteiger charge is -2.19. The fourth-order valence-corrected chi connectivity index (χ4v) is 12.9. The number of aromatic nitrogens is 4. The molecule has 0 N–H and O–H groups in total. The number of benzene rings is 10. The molecule has 0 fully saturated rings. The van der Waals surface area contributed by atoms with Crippen LogP contribution in [-0.2, 0) is 21.7 Å². The Labute approximate surface area is 470 Å². The van der Waals surface area contributed by atoms with Crippen molar-refractivity contribution >= 4 is 87.2 Å². The average molecular weight is 1040 g/mol. The Balaban J connectivity index is 0.962. The van der Waals surface area contributed by atoms with Crippen LogP contribution in [0.15, 0.2) is 206 Å². The van der Waals surface area contributed by atoms with Gasteiger partial charge in [-0.2, -0.15) is 0 Å². The van der Waals surface area contributed by atoms with E-state index in [2.05, 4.69) is 308 Å². The average Bonchev–Trinajstić information content (AvgIpc) is 4.13. The Hall–Kier alpha value is -8.60. The Bertz CT molecular complexity index is 4680. The Morgan fingerprint density at radius 3 is 1.05 bits per heavy atom. The highest BCUT2D eigenvalue weighted by Gasteiger charge is 2.26. The van der Waals surface area contributed by atoms with Gasteiger partial charge in [0.2, 0.25) is 0 Å². The van der Waals surface area contributed by atoms with Crippen LogP contribution in [0, 0.1) is 0 Å². The predicted octanol–water partition coefficient (Wildman–Crippen LogP) is 20.9. The van der Waals surface area contributed by atoms with Gasteiger partial charge in [-0.15, -0.1) is 0 Å². The number of para-hydroxylation sites is 3. The number of rotatable bonds is 5. The number of fused-ring (bicyclic) bond motifs is 12. The Morgan fingerprint density at radius 2 is 0.575 bits per heavy atom. The first-order valence-electron chi connectivity index (χ1n) is 28.7. The molecule has 0 saturated heterocycles. The highest BCUT2D eigenvalue weighted by atomic mass is 15.1. The standard InChI is InChI=1S/C76H70N4/c1-73(2,3)49-28-35-66-58(42-49)59-43-50(74(4,5)6)29-36-67(59)78(66)55-34-39-68-62(46-55)56-22-16-18-24-64(56)77(68)54-32-26-47(27-33-54)48-40-63-57-23-17-19-25-65(57)79(53-20-14-13-15-21-53)72(63)71(41-48)80-69-37-30-51(75(7,8)9)44-60(69)61-45-52(76(10,11)12)31-38-70(61)80/h13-46H,1-12H3. The molecule has 14 aromatic rings. The second kappa shape index (κ2) is 17.4. The second-order valence-electron chi connectivity index (χ2n) is 26.8. The van der Waals surface area contributed by atoms with Crippen LogP contribution in [0.5, 0.6) is 0 Å². The van der Waals surface area contributed by atoms with Crippen LogP contribution in [-0.4, -0.2) is 18.3 Å². The third-order valence-electron chi connectivity index (χ3n) is 17.4. The summed E-state index contributed by atoms with van der Waals surface area (Å²) < 4.78 is 9.98. The summed E-state index contributed by atoms with van der Waals surface area (Å²) in [6.45, 7) is 27.8. The third-order valence-corrected chi connectivity index (χ3v) is 17.4. The fraction of sp³-hybridized carbons (Fsp3) is 0.211. The van der Waals surface area contributed by atoms with Gasteiger partial charge >= 0.3 is 0 Å². The van der Waals surface area contributed by atoms with Crippen molar-refractivity contribution in [2.24, 2.45) is 0 Å². The summed E-state index contributed by atoms with van der Waals surface area (Å²) in [7, 11) is 0. The summed E-state index contributed by atoms with van der Waals surface area (Å²) in [6, 6.07) is 78.6. The molecule has 394 valence electrons. The van der Waals surface area contributed by atoms with Crippen molar-refractivity contribution in [2.75, 3.05) is 0 Å². The van der Waals surface area contributed by atoms with Gasteiger partial charge in [0, 0.05) is 60.2 Å². The topological polar surface area (TPSA) is 19.7 Å². The second-order valence-corrected chi connectivity index (χ2v) is 26.8. The van der Waals surface area contributed by atoms with Crippen molar-refractivity contribution in [1.82, 2.24) is 18.3 Å². The van der Waals surface area contributed by atoms with Gasteiger partial charge in [0.1, 0.15) is 0 Å². The van der Waals surface area contributed by atoms with Crippen molar-refractivity contribution in [3.63, 3.8) is 0 Å². The van der Waals surface area contributed by atoms with Gasteiger partial charge in [-0.05, 0) is 170 Å². The van der Waals surface area contributed by atoms with Crippen LogP contribution in [0.25, 0.3) is 121 Å². The highest BCUT2D eigenvalue weighted by Crippen LogP contribution is 2.45. The summed E-state index contributed by atoms with van der Waals surface area (Å²) >= 11 is 0. The van der Waals surface area contributed by atoms with Gasteiger partial charge in [0.05, 0.1) is 49.8 Å². The van der Waals surface area contributed by atoms with Crippen molar-refractivity contribution in [2.45, 2.75) is 105 Å². The maximum absolute atomic E-state index is 2.56. The SMILES string of the molecule is CC(C)(C)c1ccc2c(c1)c1cc(C(C)(C)C)ccc1n2-c1ccc2c(c1)c1ccccc1n2-c1ccc(-c2cc(-n3c4ccc(C(C)(C)C)cc4c4cc(C(C)(C)C)ccc43)c3c(c2)c2ccccc2n3-c2ccccc2)cc1. The molecule has 14 rings (SSSR count). The molecule has 4 nitrogen and oxygen atoms in total. The van der Waals surface area contributed by atoms with Crippen molar-refractivity contribution in [3.8, 4) is 33.9 Å². The Morgan fingerprint density at radius 1 is 0.225 bits per heavy atom. The zero-order valence-electron chi connectivity index (χ0n) is 48.4. The van der Waals surface area contributed by atoms with Crippen molar-refractivity contribution < 1.29 is 0 Å². The van der Waals surface area contributed by atoms with Crippen LogP contribution in [0.4, 0.5) is 0 Å². The van der Waals surface area contributed by atoms with Crippen molar-refractivity contribution in [3.05, 3.63) is 229 Å². The molecule has 0 bridgehead atoms. The van der Waals surface area contributed by atoms with Crippen LogP contribution in [0.3, 0.4) is 0 Å². The third kappa shape index (κ3) is 7.77. The molecule has 10 aromatic carbocycles. The van der Waals surface area contributed by atoms with Gasteiger partial charge in [-0.1, -0.05) is 174 Å². The number of hydrogen-bond acceptors (Lipinski definition) is 0. The summed E-state index contributed by atoms with van der Waals surface area (Å²) in [5, 5.41) is 10.1. The number of hydrogen-bond donors (Lipinski definition) is 0. The van der Waals surface area contributed by atoms with Gasteiger partial charge in [0.15, 0.2) is 0 Å². The fourth-order valence-electron chi connectivity index (χ4n) is 12.9. The molecule has 0 unspecified atom stereocenters. The predicted molar refractivity (Wildman–Crippen MR) is 344 cm³/mol. The van der Waals surface area contributed by atoms with E-state index in [4.69, 9.17) is 0 Å². The molecular weight excluding hydrogens is 969 g/mol. The maximum atomic E-state index is 2.56. The van der Waals surface area contributed by atoms with Gasteiger partial charge in [0.25, 0.3) is 0 Å². The summed E-state index contributed by atoms with van der Waals surface area (Å²) in [5.74, 6) is 0. The first kappa shape index (κ1) is 49.7. The van der Waals surface area contributed by atoms with E-state index >= 15 is 0 Å². The maximum Gasteiger partial charge on any atom is 0.0782 e. The van der Waals surface area contributed by atoms with Gasteiger partial charge < -0.3 is 18.3 Å². The first-order chi connectivity index (χ1) is 38.2. The van der Waals surface area contributed by atoms with Gasteiger partial charge in [-0.25, -0.2) is 0 Å². The normalized spacial score (nSPS) is 13.0. The molecule has 4 aromatic heterocycles. The van der Waals surface area contributed by atoms with Gasteiger partial charge in [-0.3, -0.25) is 0 Å². The van der Waals surface area contributed by atoms with E-state index in [1.54, 1.807) is 0 Å². The molecule has 0 aliphatic rings. The summed E-state index contributed by atoms with van der Waals surface area (Å²) in [5.41, 5.74) is 21.9. The lowest BCUT2D eigenvalue weighted by molar-refractivity contribution is 0.590. The van der Waals surface area contributed by atoms with E-state index in [-0.39, 0.29) is 21.7 Å². The smallest absolute Gasteiger partial charge is 0.0782 e. The zero-order chi connectivity index (χ0) is 55.4. The minimum absolute atomic E-state index is 0.00697. The lowest BCUT2D eigenvalue weighted by atomic mass is 9.85. The van der Waals surface area contributed by atoms with E-state index in [9.17, 15) is 0 Å². The van der Waals surface area contributed by atoms with Crippen LogP contribution < -0.4 is 0 Å². The molecule has 80 heavy (non-hydrogen) atoms. The Kier molecular flexibility index (Phi) is 10.8. The van der Waals surface area contributed by atoms with E-state index in [1.807, 2.05) is 0 Å². The molecular formula is C76H70N4. The molecule has 0 amide bonds. The monoisotopic (exact) mass is 1040 g/mol. The minimum Gasteiger partial charge on any atom is -0.309 e. The molecule has 0 atom stereocenters.